The molecule has 1 saturated carbocycles. The number of anilines is 1. The van der Waals surface area contributed by atoms with Gasteiger partial charge in [-0.05, 0) is 37.0 Å². The molecule has 7 nitrogen and oxygen atoms in total. The van der Waals surface area contributed by atoms with Crippen LogP contribution in [0.3, 0.4) is 0 Å². The van der Waals surface area contributed by atoms with E-state index in [9.17, 15) is 19.5 Å². The minimum atomic E-state index is -0.794. The van der Waals surface area contributed by atoms with Crippen molar-refractivity contribution in [2.45, 2.75) is 19.3 Å². The Morgan fingerprint density at radius 2 is 2.08 bits per heavy atom. The minimum Gasteiger partial charge on any atom is -0.481 e. The van der Waals surface area contributed by atoms with Gasteiger partial charge in [-0.15, -0.1) is 0 Å². The van der Waals surface area contributed by atoms with Crippen LogP contribution in [-0.4, -0.2) is 60.0 Å². The molecule has 3 rings (SSSR count). The Kier molecular flexibility index (Phi) is 4.41. The summed E-state index contributed by atoms with van der Waals surface area (Å²) >= 11 is 0. The summed E-state index contributed by atoms with van der Waals surface area (Å²) in [5.74, 6) is -0.946. The van der Waals surface area contributed by atoms with Gasteiger partial charge in [0.1, 0.15) is 0 Å². The average Bonchev–Trinajstić information content (AvgIpc) is 3.12. The van der Waals surface area contributed by atoms with E-state index in [1.165, 1.54) is 4.90 Å². The normalized spacial score (nSPS) is 24.7. The van der Waals surface area contributed by atoms with Gasteiger partial charge in [0.05, 0.1) is 5.41 Å². The van der Waals surface area contributed by atoms with Gasteiger partial charge in [0.15, 0.2) is 0 Å². The molecule has 2 N–H and O–H groups in total. The molecule has 2 atom stereocenters. The van der Waals surface area contributed by atoms with E-state index >= 15 is 0 Å². The number of likely N-dealkylation sites (tertiary alicyclic amines) is 1. The monoisotopic (exact) mass is 345 g/mol. The maximum atomic E-state index is 12.8. The SMILES string of the molecule is CN(C)C(=O)Nc1cccc(C(=O)N2C[C@@H]3CCC[C@@]3(C(=O)O)C2)c1. The lowest BCUT2D eigenvalue weighted by molar-refractivity contribution is -0.149. The smallest absolute Gasteiger partial charge is 0.321 e. The van der Waals surface area contributed by atoms with Gasteiger partial charge < -0.3 is 20.2 Å². The largest absolute Gasteiger partial charge is 0.481 e. The Hall–Kier alpha value is -2.57. The van der Waals surface area contributed by atoms with Gasteiger partial charge in [0, 0.05) is 38.4 Å². The van der Waals surface area contributed by atoms with Crippen LogP contribution in [0.25, 0.3) is 0 Å². The first-order chi connectivity index (χ1) is 11.8. The number of nitrogens with zero attached hydrogens (tertiary/aromatic N) is 2. The summed E-state index contributed by atoms with van der Waals surface area (Å²) < 4.78 is 0. The van der Waals surface area contributed by atoms with Crippen LogP contribution in [0.5, 0.6) is 0 Å². The predicted octanol–water partition coefficient (Wildman–Crippen LogP) is 2.11. The third-order valence-electron chi connectivity index (χ3n) is 5.35. The quantitative estimate of drug-likeness (QED) is 0.878. The maximum Gasteiger partial charge on any atom is 0.321 e. The van der Waals surface area contributed by atoms with Crippen LogP contribution in [0.1, 0.15) is 29.6 Å². The van der Waals surface area contributed by atoms with Crippen molar-refractivity contribution in [3.05, 3.63) is 29.8 Å². The molecule has 1 saturated heterocycles. The molecule has 0 aromatic heterocycles. The third-order valence-corrected chi connectivity index (χ3v) is 5.35. The van der Waals surface area contributed by atoms with Gasteiger partial charge >= 0.3 is 12.0 Å². The topological polar surface area (TPSA) is 90.0 Å². The lowest BCUT2D eigenvalue weighted by Crippen LogP contribution is -2.37. The van der Waals surface area contributed by atoms with E-state index in [1.54, 1.807) is 43.3 Å². The molecule has 1 aromatic rings. The fraction of sp³-hybridized carbons (Fsp3) is 0.500. The van der Waals surface area contributed by atoms with E-state index in [2.05, 4.69) is 5.32 Å². The first-order valence-corrected chi connectivity index (χ1v) is 8.44. The summed E-state index contributed by atoms with van der Waals surface area (Å²) in [5.41, 5.74) is 0.209. The molecule has 1 heterocycles. The van der Waals surface area contributed by atoms with E-state index < -0.39 is 11.4 Å². The van der Waals surface area contributed by atoms with E-state index in [4.69, 9.17) is 0 Å². The fourth-order valence-electron chi connectivity index (χ4n) is 3.94. The number of hydrogen-bond acceptors (Lipinski definition) is 3. The van der Waals surface area contributed by atoms with E-state index in [0.717, 1.165) is 12.8 Å². The van der Waals surface area contributed by atoms with Gasteiger partial charge in [0.2, 0.25) is 0 Å². The zero-order chi connectivity index (χ0) is 18.2. The molecule has 25 heavy (non-hydrogen) atoms. The van der Waals surface area contributed by atoms with Crippen LogP contribution < -0.4 is 5.32 Å². The van der Waals surface area contributed by atoms with Crippen molar-refractivity contribution in [3.8, 4) is 0 Å². The molecule has 1 aliphatic heterocycles. The highest BCUT2D eigenvalue weighted by atomic mass is 16.4. The Morgan fingerprint density at radius 3 is 2.72 bits per heavy atom. The molecule has 2 aliphatic rings. The van der Waals surface area contributed by atoms with Gasteiger partial charge in [-0.3, -0.25) is 9.59 Å². The van der Waals surface area contributed by atoms with Crippen LogP contribution in [0.15, 0.2) is 24.3 Å². The lowest BCUT2D eigenvalue weighted by atomic mass is 9.81. The third kappa shape index (κ3) is 3.06. The molecule has 0 bridgehead atoms. The number of nitrogens with one attached hydrogen (secondary N) is 1. The number of carbonyl (C=O) groups is 3. The van der Waals surface area contributed by atoms with Crippen LogP contribution in [0.2, 0.25) is 0 Å². The number of benzene rings is 1. The molecule has 0 radical (unpaired) electrons. The Bertz CT molecular complexity index is 718. The average molecular weight is 345 g/mol. The second kappa shape index (κ2) is 6.38. The number of carboxylic acids is 1. The molecule has 3 amide bonds. The van der Waals surface area contributed by atoms with Gasteiger partial charge in [-0.25, -0.2) is 4.79 Å². The number of aliphatic carboxylic acids is 1. The number of hydrogen-bond donors (Lipinski definition) is 2. The van der Waals surface area contributed by atoms with Crippen molar-refractivity contribution in [2.24, 2.45) is 11.3 Å². The second-order valence-corrected chi connectivity index (χ2v) is 7.14. The number of amides is 3. The lowest BCUT2D eigenvalue weighted by Gasteiger charge is -2.23. The molecule has 0 spiro atoms. The van der Waals surface area contributed by atoms with Crippen molar-refractivity contribution >= 4 is 23.6 Å². The first-order valence-electron chi connectivity index (χ1n) is 8.44. The first kappa shape index (κ1) is 17.3. The number of carboxylic acid groups (broad SMARTS) is 1. The Labute approximate surface area is 146 Å². The van der Waals surface area contributed by atoms with Crippen LogP contribution >= 0.6 is 0 Å². The molecular weight excluding hydrogens is 322 g/mol. The summed E-state index contributed by atoms with van der Waals surface area (Å²) in [6, 6.07) is 6.48. The number of carbonyl (C=O) groups excluding carboxylic acids is 2. The van der Waals surface area contributed by atoms with Crippen molar-refractivity contribution in [2.75, 3.05) is 32.5 Å². The van der Waals surface area contributed by atoms with Crippen molar-refractivity contribution in [3.63, 3.8) is 0 Å². The predicted molar refractivity (Wildman–Crippen MR) is 92.5 cm³/mol. The van der Waals surface area contributed by atoms with E-state index in [-0.39, 0.29) is 24.4 Å². The highest BCUT2D eigenvalue weighted by Crippen LogP contribution is 2.49. The van der Waals surface area contributed by atoms with Crippen molar-refractivity contribution in [1.29, 1.82) is 0 Å². The molecule has 7 heteroatoms. The Balaban J connectivity index is 1.76. The van der Waals surface area contributed by atoms with Crippen LogP contribution in [-0.2, 0) is 4.79 Å². The second-order valence-electron chi connectivity index (χ2n) is 7.14. The fourth-order valence-corrected chi connectivity index (χ4v) is 3.94. The maximum absolute atomic E-state index is 12.8. The van der Waals surface area contributed by atoms with Gasteiger partial charge in [-0.1, -0.05) is 12.5 Å². The molecular formula is C18H23N3O4. The number of rotatable bonds is 3. The summed E-state index contributed by atoms with van der Waals surface area (Å²) in [6.45, 7) is 0.750. The summed E-state index contributed by atoms with van der Waals surface area (Å²) in [7, 11) is 3.28. The number of urea groups is 1. The zero-order valence-electron chi connectivity index (χ0n) is 14.5. The summed E-state index contributed by atoms with van der Waals surface area (Å²) in [5, 5.41) is 12.4. The van der Waals surface area contributed by atoms with Crippen molar-refractivity contribution < 1.29 is 19.5 Å². The van der Waals surface area contributed by atoms with Crippen LogP contribution in [0, 0.1) is 11.3 Å². The van der Waals surface area contributed by atoms with Gasteiger partial charge in [-0.2, -0.15) is 0 Å². The summed E-state index contributed by atoms with van der Waals surface area (Å²) in [4.78, 5) is 39.4. The molecule has 134 valence electrons. The standard InChI is InChI=1S/C18H23N3O4/c1-20(2)17(25)19-14-7-3-5-12(9-14)15(22)21-10-13-6-4-8-18(13,11-21)16(23)24/h3,5,7,9,13H,4,6,8,10-11H2,1-2H3,(H,19,25)(H,23,24)/t13-,18+/m0/s1. The molecule has 0 unspecified atom stereocenters. The highest BCUT2D eigenvalue weighted by Gasteiger charge is 2.55. The molecule has 1 aromatic carbocycles. The minimum absolute atomic E-state index is 0.0329. The number of fused-ring (bicyclic) bond motifs is 1. The van der Waals surface area contributed by atoms with E-state index in [0.29, 0.717) is 24.2 Å². The van der Waals surface area contributed by atoms with Crippen molar-refractivity contribution in [1.82, 2.24) is 9.80 Å². The van der Waals surface area contributed by atoms with Crippen LogP contribution in [0.4, 0.5) is 10.5 Å². The molecule has 1 aliphatic carbocycles. The molecule has 2 fully saturated rings. The van der Waals surface area contributed by atoms with E-state index in [1.807, 2.05) is 0 Å². The zero-order valence-corrected chi connectivity index (χ0v) is 14.5. The highest BCUT2D eigenvalue weighted by molar-refractivity contribution is 5.97. The van der Waals surface area contributed by atoms with Gasteiger partial charge in [0.25, 0.3) is 5.91 Å². The Morgan fingerprint density at radius 1 is 1.32 bits per heavy atom. The summed E-state index contributed by atoms with van der Waals surface area (Å²) in [6.07, 6.45) is 2.40.